The molecular formula is C27H42N4O4S. The van der Waals surface area contributed by atoms with E-state index >= 15 is 0 Å². The van der Waals surface area contributed by atoms with Crippen molar-refractivity contribution in [2.45, 2.75) is 82.6 Å². The van der Waals surface area contributed by atoms with Crippen molar-refractivity contribution in [1.82, 2.24) is 15.8 Å². The Bertz CT molecular complexity index is 914. The first-order valence-corrected chi connectivity index (χ1v) is 14.9. The Morgan fingerprint density at radius 1 is 1.11 bits per heavy atom. The lowest BCUT2D eigenvalue weighted by molar-refractivity contribution is -0.130. The Hall–Kier alpha value is -1.74. The zero-order valence-electron chi connectivity index (χ0n) is 21.7. The fourth-order valence-corrected chi connectivity index (χ4v) is 8.34. The molecule has 36 heavy (non-hydrogen) atoms. The van der Waals surface area contributed by atoms with Crippen LogP contribution >= 0.6 is 11.8 Å². The Labute approximate surface area is 218 Å². The number of rotatable bonds is 11. The molecule has 9 heteroatoms. The third kappa shape index (κ3) is 5.57. The minimum Gasteiger partial charge on any atom is -0.474 e. The maximum Gasteiger partial charge on any atom is 0.291 e. The van der Waals surface area contributed by atoms with Gasteiger partial charge >= 0.3 is 0 Å². The molecule has 0 atom stereocenters. The SMILES string of the molecule is CC(C)(COc1noc(C(=O)NC2C3CC4CC(C3)CC2C4)c1SCC1CCCC1)C(=O)NCCN. The van der Waals surface area contributed by atoms with Crippen molar-refractivity contribution in [3.63, 3.8) is 0 Å². The average Bonchev–Trinajstić information content (AvgIpc) is 3.51. The quantitative estimate of drug-likeness (QED) is 0.379. The summed E-state index contributed by atoms with van der Waals surface area (Å²) in [5.74, 6) is 4.70. The second-order valence-electron chi connectivity index (χ2n) is 12.3. The average molecular weight is 519 g/mol. The van der Waals surface area contributed by atoms with Crippen molar-refractivity contribution in [3.8, 4) is 5.88 Å². The van der Waals surface area contributed by atoms with Crippen molar-refractivity contribution in [1.29, 1.82) is 0 Å². The molecule has 0 aromatic carbocycles. The number of amides is 2. The van der Waals surface area contributed by atoms with Gasteiger partial charge in [0.05, 0.1) is 5.41 Å². The van der Waals surface area contributed by atoms with Gasteiger partial charge in [-0.3, -0.25) is 9.59 Å². The van der Waals surface area contributed by atoms with Crippen LogP contribution in [0.1, 0.15) is 82.2 Å². The van der Waals surface area contributed by atoms with E-state index in [1.54, 1.807) is 11.8 Å². The van der Waals surface area contributed by atoms with Crippen LogP contribution in [0, 0.1) is 35.0 Å². The smallest absolute Gasteiger partial charge is 0.291 e. The van der Waals surface area contributed by atoms with Gasteiger partial charge in [-0.1, -0.05) is 12.8 Å². The van der Waals surface area contributed by atoms with Crippen LogP contribution in [0.5, 0.6) is 5.88 Å². The second kappa shape index (κ2) is 10.9. The monoisotopic (exact) mass is 518 g/mol. The van der Waals surface area contributed by atoms with E-state index in [1.165, 1.54) is 57.8 Å². The van der Waals surface area contributed by atoms with E-state index in [1.807, 2.05) is 13.8 Å². The third-order valence-electron chi connectivity index (χ3n) is 8.90. The number of nitrogens with two attached hydrogens (primary N) is 1. The summed E-state index contributed by atoms with van der Waals surface area (Å²) in [6, 6.07) is 0.234. The number of nitrogens with zero attached hydrogens (tertiary/aromatic N) is 1. The van der Waals surface area contributed by atoms with Gasteiger partial charge in [0.2, 0.25) is 11.7 Å². The lowest BCUT2D eigenvalue weighted by Gasteiger charge is -2.54. The third-order valence-corrected chi connectivity index (χ3v) is 10.2. The molecule has 4 bridgehead atoms. The zero-order valence-corrected chi connectivity index (χ0v) is 22.5. The number of nitrogens with one attached hydrogen (secondary N) is 2. The van der Waals surface area contributed by atoms with Crippen LogP contribution in [-0.2, 0) is 4.79 Å². The van der Waals surface area contributed by atoms with Gasteiger partial charge in [-0.2, -0.15) is 0 Å². The van der Waals surface area contributed by atoms with Crippen LogP contribution < -0.4 is 21.1 Å². The summed E-state index contributed by atoms with van der Waals surface area (Å²) in [4.78, 5) is 26.7. The van der Waals surface area contributed by atoms with Crippen LogP contribution in [0.15, 0.2) is 9.42 Å². The number of ether oxygens (including phenoxy) is 1. The molecule has 5 aliphatic rings. The Balaban J connectivity index is 1.28. The molecule has 0 unspecified atom stereocenters. The van der Waals surface area contributed by atoms with Crippen molar-refractivity contribution in [2.75, 3.05) is 25.4 Å². The van der Waals surface area contributed by atoms with Gasteiger partial charge in [-0.05, 0) is 93.5 Å². The summed E-state index contributed by atoms with van der Waals surface area (Å²) < 4.78 is 11.7. The Morgan fingerprint density at radius 3 is 2.42 bits per heavy atom. The fraction of sp³-hybridized carbons (Fsp3) is 0.815. The topological polar surface area (TPSA) is 119 Å². The minimum absolute atomic E-state index is 0.128. The van der Waals surface area contributed by atoms with Gasteiger partial charge in [0, 0.05) is 24.9 Å². The van der Waals surface area contributed by atoms with E-state index < -0.39 is 5.41 Å². The van der Waals surface area contributed by atoms with Gasteiger partial charge < -0.3 is 25.6 Å². The molecule has 5 saturated carbocycles. The van der Waals surface area contributed by atoms with Crippen LogP contribution in [0.4, 0.5) is 0 Å². The largest absolute Gasteiger partial charge is 0.474 e. The molecular weight excluding hydrogens is 476 g/mol. The summed E-state index contributed by atoms with van der Waals surface area (Å²) in [5, 5.41) is 10.3. The molecule has 4 N–H and O–H groups in total. The highest BCUT2D eigenvalue weighted by molar-refractivity contribution is 7.99. The summed E-state index contributed by atoms with van der Waals surface area (Å²) >= 11 is 1.61. The lowest BCUT2D eigenvalue weighted by Crippen LogP contribution is -2.55. The lowest BCUT2D eigenvalue weighted by atomic mass is 9.54. The molecule has 5 aliphatic carbocycles. The summed E-state index contributed by atoms with van der Waals surface area (Å²) in [6.07, 6.45) is 11.3. The van der Waals surface area contributed by atoms with E-state index in [0.717, 1.165) is 17.6 Å². The molecule has 5 fully saturated rings. The Morgan fingerprint density at radius 2 is 1.78 bits per heavy atom. The van der Waals surface area contributed by atoms with E-state index in [-0.39, 0.29) is 30.2 Å². The van der Waals surface area contributed by atoms with Gasteiger partial charge in [-0.15, -0.1) is 11.8 Å². The van der Waals surface area contributed by atoms with Crippen molar-refractivity contribution in [2.24, 2.45) is 40.7 Å². The number of carbonyl (C=O) groups is 2. The first kappa shape index (κ1) is 25.9. The fourth-order valence-electron chi connectivity index (χ4n) is 7.13. The normalized spacial score (nSPS) is 29.5. The molecule has 0 saturated heterocycles. The predicted octanol–water partition coefficient (Wildman–Crippen LogP) is 3.99. The highest BCUT2D eigenvalue weighted by atomic mass is 32.2. The van der Waals surface area contributed by atoms with E-state index in [2.05, 4.69) is 15.8 Å². The molecule has 0 spiro atoms. The van der Waals surface area contributed by atoms with E-state index in [4.69, 9.17) is 15.0 Å². The highest BCUT2D eigenvalue weighted by Gasteiger charge is 2.49. The molecule has 6 rings (SSSR count). The van der Waals surface area contributed by atoms with Crippen LogP contribution in [0.2, 0.25) is 0 Å². The number of hydrogen-bond acceptors (Lipinski definition) is 7. The highest BCUT2D eigenvalue weighted by Crippen LogP contribution is 2.53. The predicted molar refractivity (Wildman–Crippen MR) is 139 cm³/mol. The van der Waals surface area contributed by atoms with Crippen LogP contribution in [-0.4, -0.2) is 48.5 Å². The second-order valence-corrected chi connectivity index (χ2v) is 13.3. The maximum atomic E-state index is 13.5. The van der Waals surface area contributed by atoms with Crippen molar-refractivity contribution < 1.29 is 18.8 Å². The molecule has 2 amide bonds. The molecule has 200 valence electrons. The van der Waals surface area contributed by atoms with Gasteiger partial charge in [0.25, 0.3) is 11.8 Å². The van der Waals surface area contributed by atoms with Crippen LogP contribution in [0.3, 0.4) is 0 Å². The number of carbonyl (C=O) groups excluding carboxylic acids is 2. The molecule has 1 aromatic heterocycles. The number of aromatic nitrogens is 1. The standard InChI is InChI=1S/C27H42N4O4S/c1-27(2,26(33)29-8-7-28)15-34-25-23(36-14-16-5-3-4-6-16)22(35-31-25)24(32)30-21-19-10-17-9-18(12-19)13-20(21)11-17/h16-21H,3-15,28H2,1-2H3,(H,29,33)(H,30,32). The number of thioether (sulfide) groups is 1. The minimum atomic E-state index is -0.773. The summed E-state index contributed by atoms with van der Waals surface area (Å²) in [7, 11) is 0. The van der Waals surface area contributed by atoms with Crippen LogP contribution in [0.25, 0.3) is 0 Å². The van der Waals surface area contributed by atoms with E-state index in [0.29, 0.717) is 41.6 Å². The molecule has 0 radical (unpaired) electrons. The van der Waals surface area contributed by atoms with Crippen molar-refractivity contribution in [3.05, 3.63) is 5.76 Å². The first-order chi connectivity index (χ1) is 17.3. The molecule has 8 nitrogen and oxygen atoms in total. The van der Waals surface area contributed by atoms with Gasteiger partial charge in [0.15, 0.2) is 0 Å². The molecule has 1 heterocycles. The summed E-state index contributed by atoms with van der Waals surface area (Å²) in [6.45, 7) is 4.58. The Kier molecular flexibility index (Phi) is 7.86. The van der Waals surface area contributed by atoms with Gasteiger partial charge in [0.1, 0.15) is 11.5 Å². The van der Waals surface area contributed by atoms with E-state index in [9.17, 15) is 9.59 Å². The van der Waals surface area contributed by atoms with Gasteiger partial charge in [-0.25, -0.2) is 0 Å². The first-order valence-electron chi connectivity index (χ1n) is 13.9. The molecule has 0 aliphatic heterocycles. The maximum absolute atomic E-state index is 13.5. The number of hydrogen-bond donors (Lipinski definition) is 3. The molecule has 1 aromatic rings. The zero-order chi connectivity index (χ0) is 25.3. The summed E-state index contributed by atoms with van der Waals surface area (Å²) in [5.41, 5.74) is 4.74. The van der Waals surface area contributed by atoms with Crippen molar-refractivity contribution >= 4 is 23.6 Å².